The number of hydrogen-bond donors (Lipinski definition) is 1. The van der Waals surface area contributed by atoms with Gasteiger partial charge in [0, 0.05) is 6.54 Å². The van der Waals surface area contributed by atoms with E-state index < -0.39 is 12.0 Å². The van der Waals surface area contributed by atoms with Crippen LogP contribution in [0.4, 0.5) is 0 Å². The minimum Gasteiger partial charge on any atom is -0.480 e. The molecule has 1 fully saturated rings. The zero-order chi connectivity index (χ0) is 24.5. The van der Waals surface area contributed by atoms with Gasteiger partial charge in [-0.1, -0.05) is 61.0 Å². The largest absolute Gasteiger partial charge is 0.480 e. The first kappa shape index (κ1) is 23.0. The van der Waals surface area contributed by atoms with Crippen molar-refractivity contribution in [2.75, 3.05) is 6.54 Å². The van der Waals surface area contributed by atoms with Crippen LogP contribution >= 0.6 is 0 Å². The number of carbonyl (C=O) groups excluding carboxylic acids is 2. The molecule has 2 aliphatic rings. The predicted molar refractivity (Wildman–Crippen MR) is 133 cm³/mol. The Labute approximate surface area is 204 Å². The van der Waals surface area contributed by atoms with Gasteiger partial charge < -0.3 is 5.11 Å². The van der Waals surface area contributed by atoms with Crippen LogP contribution in [0.2, 0.25) is 0 Å². The van der Waals surface area contributed by atoms with E-state index in [-0.39, 0.29) is 18.4 Å². The van der Waals surface area contributed by atoms with E-state index in [4.69, 9.17) is 0 Å². The van der Waals surface area contributed by atoms with Crippen LogP contribution in [-0.2, 0) is 17.9 Å². The summed E-state index contributed by atoms with van der Waals surface area (Å²) in [7, 11) is 0. The number of nitrogens with zero attached hydrogens (tertiary/aromatic N) is 2. The molecule has 0 bridgehead atoms. The molecule has 1 saturated heterocycles. The topological polar surface area (TPSA) is 77.9 Å². The number of carboxylic acid groups (broad SMARTS) is 1. The average Bonchev–Trinajstić information content (AvgIpc) is 3.10. The van der Waals surface area contributed by atoms with Crippen LogP contribution in [0.3, 0.4) is 0 Å². The zero-order valence-electron chi connectivity index (χ0n) is 19.7. The highest BCUT2D eigenvalue weighted by atomic mass is 16.4. The van der Waals surface area contributed by atoms with E-state index >= 15 is 0 Å². The first-order valence-corrected chi connectivity index (χ1v) is 12.0. The number of imide groups is 1. The molecular weight excluding hydrogens is 440 g/mol. The number of amides is 2. The van der Waals surface area contributed by atoms with E-state index in [1.807, 2.05) is 66.4 Å². The molecule has 5 rings (SSSR count). The Bertz CT molecular complexity index is 1300. The standard InChI is InChI=1S/C29H28N2O4/c1-19-22(10-7-11-23(19)21-8-3-2-4-9-21)18-31-27(32)24-14-13-20(16-25(24)28(31)33)17-30-15-6-5-12-26(30)29(34)35/h2-4,7-11,13-14,16,26H,5-6,12,15,17-18H2,1H3,(H,34,35)/t26-/m0/s1. The maximum absolute atomic E-state index is 13.3. The molecule has 2 heterocycles. The van der Waals surface area contributed by atoms with Crippen molar-refractivity contribution in [3.8, 4) is 11.1 Å². The molecule has 0 aromatic heterocycles. The van der Waals surface area contributed by atoms with Crippen molar-refractivity contribution in [1.82, 2.24) is 9.80 Å². The van der Waals surface area contributed by atoms with Gasteiger partial charge in [0.05, 0.1) is 17.7 Å². The van der Waals surface area contributed by atoms with Gasteiger partial charge in [0.15, 0.2) is 0 Å². The Morgan fingerprint density at radius 2 is 1.66 bits per heavy atom. The number of benzene rings is 3. The summed E-state index contributed by atoms with van der Waals surface area (Å²) in [5.41, 5.74) is 5.80. The van der Waals surface area contributed by atoms with Crippen LogP contribution in [0.5, 0.6) is 0 Å². The van der Waals surface area contributed by atoms with Gasteiger partial charge in [-0.2, -0.15) is 0 Å². The smallest absolute Gasteiger partial charge is 0.320 e. The molecule has 3 aromatic rings. The molecule has 1 N–H and O–H groups in total. The van der Waals surface area contributed by atoms with E-state index in [1.165, 1.54) is 4.90 Å². The average molecular weight is 469 g/mol. The van der Waals surface area contributed by atoms with Gasteiger partial charge in [-0.15, -0.1) is 0 Å². The third-order valence-corrected chi connectivity index (χ3v) is 7.18. The van der Waals surface area contributed by atoms with Crippen LogP contribution in [0.15, 0.2) is 66.7 Å². The molecule has 3 aromatic carbocycles. The second-order valence-electron chi connectivity index (χ2n) is 9.35. The normalized spacial score (nSPS) is 18.1. The number of carboxylic acids is 1. The van der Waals surface area contributed by atoms with Gasteiger partial charge >= 0.3 is 5.97 Å². The van der Waals surface area contributed by atoms with Crippen molar-refractivity contribution in [3.63, 3.8) is 0 Å². The highest BCUT2D eigenvalue weighted by molar-refractivity contribution is 6.21. The lowest BCUT2D eigenvalue weighted by molar-refractivity contribution is -0.144. The lowest BCUT2D eigenvalue weighted by atomic mass is 9.96. The summed E-state index contributed by atoms with van der Waals surface area (Å²) in [6, 6.07) is 20.8. The summed E-state index contributed by atoms with van der Waals surface area (Å²) in [5.74, 6) is -1.40. The van der Waals surface area contributed by atoms with Crippen molar-refractivity contribution in [2.45, 2.75) is 45.3 Å². The number of piperidine rings is 1. The molecule has 1 atom stereocenters. The molecule has 2 amide bonds. The molecule has 35 heavy (non-hydrogen) atoms. The summed E-state index contributed by atoms with van der Waals surface area (Å²) in [4.78, 5) is 41.3. The van der Waals surface area contributed by atoms with Gasteiger partial charge in [0.2, 0.25) is 0 Å². The molecule has 0 aliphatic carbocycles. The molecule has 6 heteroatoms. The van der Waals surface area contributed by atoms with Crippen molar-refractivity contribution >= 4 is 17.8 Å². The predicted octanol–water partition coefficient (Wildman–Crippen LogP) is 4.90. The second kappa shape index (κ2) is 9.47. The van der Waals surface area contributed by atoms with Crippen molar-refractivity contribution in [3.05, 3.63) is 94.5 Å². The fourth-order valence-corrected chi connectivity index (χ4v) is 5.23. The summed E-state index contributed by atoms with van der Waals surface area (Å²) in [6.07, 6.45) is 2.50. The fraction of sp³-hybridized carbons (Fsp3) is 0.276. The van der Waals surface area contributed by atoms with E-state index in [1.54, 1.807) is 12.1 Å². The van der Waals surface area contributed by atoms with Crippen LogP contribution in [0.25, 0.3) is 11.1 Å². The molecule has 2 aliphatic heterocycles. The number of aliphatic carboxylic acids is 1. The van der Waals surface area contributed by atoms with Gasteiger partial charge in [0.1, 0.15) is 6.04 Å². The van der Waals surface area contributed by atoms with E-state index in [0.29, 0.717) is 30.6 Å². The SMILES string of the molecule is Cc1c(CN2C(=O)c3ccc(CN4CCCC[C@H]4C(=O)O)cc3C2=O)cccc1-c1ccccc1. The van der Waals surface area contributed by atoms with Gasteiger partial charge in [-0.3, -0.25) is 24.2 Å². The van der Waals surface area contributed by atoms with Gasteiger partial charge in [0.25, 0.3) is 11.8 Å². The highest BCUT2D eigenvalue weighted by Gasteiger charge is 2.36. The summed E-state index contributed by atoms with van der Waals surface area (Å²) in [5, 5.41) is 9.56. The minimum atomic E-state index is -0.809. The molecule has 0 radical (unpaired) electrons. The molecule has 178 valence electrons. The third-order valence-electron chi connectivity index (χ3n) is 7.18. The second-order valence-corrected chi connectivity index (χ2v) is 9.35. The van der Waals surface area contributed by atoms with Crippen molar-refractivity contribution in [1.29, 1.82) is 0 Å². The Morgan fingerprint density at radius 3 is 2.43 bits per heavy atom. The van der Waals surface area contributed by atoms with E-state index in [0.717, 1.165) is 40.7 Å². The minimum absolute atomic E-state index is 0.210. The van der Waals surface area contributed by atoms with Gasteiger partial charge in [-0.05, 0) is 66.3 Å². The van der Waals surface area contributed by atoms with Crippen LogP contribution in [-0.4, -0.2) is 45.3 Å². The maximum atomic E-state index is 13.3. The van der Waals surface area contributed by atoms with Crippen molar-refractivity contribution in [2.24, 2.45) is 0 Å². The van der Waals surface area contributed by atoms with Crippen molar-refractivity contribution < 1.29 is 19.5 Å². The summed E-state index contributed by atoms with van der Waals surface area (Å²) in [6.45, 7) is 3.39. The number of carbonyl (C=O) groups is 3. The Balaban J connectivity index is 1.38. The lowest BCUT2D eigenvalue weighted by Crippen LogP contribution is -2.44. The number of fused-ring (bicyclic) bond motifs is 1. The molecule has 0 spiro atoms. The summed E-state index contributed by atoms with van der Waals surface area (Å²) >= 11 is 0. The first-order chi connectivity index (χ1) is 16.9. The summed E-state index contributed by atoms with van der Waals surface area (Å²) < 4.78 is 0. The molecular formula is C29H28N2O4. The maximum Gasteiger partial charge on any atom is 0.320 e. The van der Waals surface area contributed by atoms with E-state index in [9.17, 15) is 19.5 Å². The number of hydrogen-bond acceptors (Lipinski definition) is 4. The van der Waals surface area contributed by atoms with Crippen LogP contribution in [0, 0.1) is 6.92 Å². The van der Waals surface area contributed by atoms with Gasteiger partial charge in [-0.25, -0.2) is 0 Å². The van der Waals surface area contributed by atoms with E-state index in [2.05, 4.69) is 0 Å². The number of likely N-dealkylation sites (tertiary alicyclic amines) is 1. The van der Waals surface area contributed by atoms with Crippen LogP contribution in [0.1, 0.15) is 56.7 Å². The molecule has 6 nitrogen and oxygen atoms in total. The third kappa shape index (κ3) is 4.37. The monoisotopic (exact) mass is 468 g/mol. The Hall–Kier alpha value is -3.77. The Kier molecular flexibility index (Phi) is 6.22. The molecule has 0 saturated carbocycles. The number of rotatable bonds is 6. The highest BCUT2D eigenvalue weighted by Crippen LogP contribution is 2.30. The fourth-order valence-electron chi connectivity index (χ4n) is 5.23. The lowest BCUT2D eigenvalue weighted by Gasteiger charge is -2.32. The quantitative estimate of drug-likeness (QED) is 0.521. The first-order valence-electron chi connectivity index (χ1n) is 12.0. The van der Waals surface area contributed by atoms with Crippen LogP contribution < -0.4 is 0 Å². The molecule has 0 unspecified atom stereocenters. The zero-order valence-corrected chi connectivity index (χ0v) is 19.7. The Morgan fingerprint density at radius 1 is 0.886 bits per heavy atom.